The van der Waals surface area contributed by atoms with Crippen LogP contribution in [0.5, 0.6) is 0 Å². The first kappa shape index (κ1) is 20.5. The van der Waals surface area contributed by atoms with Gasteiger partial charge in [0.05, 0.1) is 6.04 Å². The zero-order valence-electron chi connectivity index (χ0n) is 14.9. The van der Waals surface area contributed by atoms with Crippen LogP contribution in [0.15, 0.2) is 35.7 Å². The number of hydrogen-bond donors (Lipinski definition) is 2. The van der Waals surface area contributed by atoms with Gasteiger partial charge in [-0.05, 0) is 47.4 Å². The van der Waals surface area contributed by atoms with E-state index in [-0.39, 0.29) is 11.5 Å². The number of nitrogens with two attached hydrogens (primary N) is 1. The Morgan fingerprint density at radius 2 is 1.81 bits per heavy atom. The maximum Gasteiger partial charge on any atom is 0.412 e. The highest BCUT2D eigenvalue weighted by molar-refractivity contribution is 7.13. The molecule has 1 heterocycles. The number of carbonyl (C=O) groups is 1. The Morgan fingerprint density at radius 3 is 2.27 bits per heavy atom. The van der Waals surface area contributed by atoms with E-state index in [9.17, 15) is 18.0 Å². The zero-order valence-corrected chi connectivity index (χ0v) is 15.7. The van der Waals surface area contributed by atoms with Gasteiger partial charge in [0, 0.05) is 4.88 Å². The Bertz CT molecular complexity index is 738. The molecule has 3 N–H and O–H groups in total. The number of thiophene rings is 1. The van der Waals surface area contributed by atoms with E-state index >= 15 is 0 Å². The second kappa shape index (κ2) is 8.22. The molecule has 2 aromatic rings. The lowest BCUT2D eigenvalue weighted by Gasteiger charge is -2.24. The molecule has 0 aliphatic rings. The van der Waals surface area contributed by atoms with Gasteiger partial charge in [0.15, 0.2) is 6.04 Å². The van der Waals surface area contributed by atoms with E-state index in [0.717, 1.165) is 16.0 Å². The minimum Gasteiger partial charge on any atom is -0.339 e. The number of alkyl halides is 3. The third-order valence-electron chi connectivity index (χ3n) is 4.04. The van der Waals surface area contributed by atoms with E-state index in [1.165, 1.54) is 23.5 Å². The summed E-state index contributed by atoms with van der Waals surface area (Å²) in [5, 5.41) is 4.00. The first-order chi connectivity index (χ1) is 12.1. The van der Waals surface area contributed by atoms with E-state index < -0.39 is 24.2 Å². The van der Waals surface area contributed by atoms with Crippen molar-refractivity contribution in [2.75, 3.05) is 0 Å². The van der Waals surface area contributed by atoms with E-state index in [1.807, 2.05) is 32.2 Å². The molecule has 1 aromatic carbocycles. The molecule has 0 saturated carbocycles. The molecule has 0 radical (unpaired) electrons. The minimum atomic E-state index is -4.60. The largest absolute Gasteiger partial charge is 0.412 e. The fourth-order valence-electron chi connectivity index (χ4n) is 2.71. The first-order valence-electron chi connectivity index (χ1n) is 8.36. The Balaban J connectivity index is 2.22. The van der Waals surface area contributed by atoms with Gasteiger partial charge >= 0.3 is 6.18 Å². The van der Waals surface area contributed by atoms with Crippen LogP contribution in [0, 0.1) is 12.8 Å². The van der Waals surface area contributed by atoms with E-state index in [1.54, 1.807) is 12.1 Å². The predicted octanol–water partition coefficient (Wildman–Crippen LogP) is 4.82. The number of amides is 1. The van der Waals surface area contributed by atoms with Crippen molar-refractivity contribution in [1.82, 2.24) is 5.32 Å². The molecule has 142 valence electrons. The number of nitrogens with one attached hydrogen (secondary N) is 1. The van der Waals surface area contributed by atoms with Crippen molar-refractivity contribution in [3.8, 4) is 10.4 Å². The third kappa shape index (κ3) is 5.08. The van der Waals surface area contributed by atoms with E-state index in [4.69, 9.17) is 5.73 Å². The lowest BCUT2D eigenvalue weighted by atomic mass is 10.0. The van der Waals surface area contributed by atoms with Crippen LogP contribution in [0.2, 0.25) is 0 Å². The van der Waals surface area contributed by atoms with Crippen molar-refractivity contribution >= 4 is 17.2 Å². The molecule has 1 amide bonds. The van der Waals surface area contributed by atoms with Gasteiger partial charge in [-0.15, -0.1) is 11.3 Å². The summed E-state index contributed by atoms with van der Waals surface area (Å²) >= 11 is 1.53. The molecule has 0 saturated heterocycles. The highest BCUT2D eigenvalue weighted by Crippen LogP contribution is 2.35. The lowest BCUT2D eigenvalue weighted by molar-refractivity contribution is -0.163. The lowest BCUT2D eigenvalue weighted by Crippen LogP contribution is -2.46. The number of halogens is 3. The van der Waals surface area contributed by atoms with Crippen LogP contribution in [-0.2, 0) is 4.79 Å². The first-order valence-corrected chi connectivity index (χ1v) is 9.24. The zero-order chi connectivity index (χ0) is 19.5. The second-order valence-electron chi connectivity index (χ2n) is 6.77. The number of rotatable bonds is 6. The van der Waals surface area contributed by atoms with Crippen molar-refractivity contribution in [1.29, 1.82) is 0 Å². The van der Waals surface area contributed by atoms with Crippen molar-refractivity contribution < 1.29 is 18.0 Å². The molecular formula is C19H23F3N2OS. The summed E-state index contributed by atoms with van der Waals surface area (Å²) in [5.41, 5.74) is 7.63. The Kier molecular flexibility index (Phi) is 6.47. The molecule has 0 fully saturated rings. The summed E-state index contributed by atoms with van der Waals surface area (Å²) in [6, 6.07) is 5.02. The molecule has 7 heteroatoms. The summed E-state index contributed by atoms with van der Waals surface area (Å²) in [5.74, 6) is -0.674. The fraction of sp³-hybridized carbons (Fsp3) is 0.421. The standard InChI is InChI=1S/C19H23F3N2OS/c1-11(2)10-15(23)18(25)24-17(19(20,21)22)14-6-4-13(5-7-14)16-12(3)8-9-26-16/h4-9,11,15,17H,10,23H2,1-3H3,(H,24,25)/t15-,17-/m0/s1. The van der Waals surface area contributed by atoms with Gasteiger partial charge in [0.2, 0.25) is 5.91 Å². The summed E-state index contributed by atoms with van der Waals surface area (Å²) in [6.07, 6.45) is -4.28. The molecule has 2 atom stereocenters. The monoisotopic (exact) mass is 384 g/mol. The Hall–Kier alpha value is -1.86. The summed E-state index contributed by atoms with van der Waals surface area (Å²) < 4.78 is 40.4. The smallest absolute Gasteiger partial charge is 0.339 e. The molecule has 26 heavy (non-hydrogen) atoms. The maximum absolute atomic E-state index is 13.5. The Morgan fingerprint density at radius 1 is 1.19 bits per heavy atom. The van der Waals surface area contributed by atoms with Crippen molar-refractivity contribution in [2.24, 2.45) is 11.7 Å². The fourth-order valence-corrected chi connectivity index (χ4v) is 3.65. The number of hydrogen-bond acceptors (Lipinski definition) is 3. The summed E-state index contributed by atoms with van der Waals surface area (Å²) in [4.78, 5) is 13.1. The van der Waals surface area contributed by atoms with Gasteiger partial charge in [0.1, 0.15) is 0 Å². The van der Waals surface area contributed by atoms with Crippen LogP contribution in [0.4, 0.5) is 13.2 Å². The maximum atomic E-state index is 13.5. The SMILES string of the molecule is Cc1ccsc1-c1ccc([C@H](NC(=O)[C@@H](N)CC(C)C)C(F)(F)F)cc1. The third-order valence-corrected chi connectivity index (χ3v) is 5.11. The highest BCUT2D eigenvalue weighted by atomic mass is 32.1. The quantitative estimate of drug-likeness (QED) is 0.750. The number of aryl methyl sites for hydroxylation is 1. The second-order valence-corrected chi connectivity index (χ2v) is 7.69. The van der Waals surface area contributed by atoms with Crippen LogP contribution in [0.25, 0.3) is 10.4 Å². The normalized spacial score (nSPS) is 14.3. The van der Waals surface area contributed by atoms with Crippen molar-refractivity contribution in [3.63, 3.8) is 0 Å². The van der Waals surface area contributed by atoms with Crippen molar-refractivity contribution in [3.05, 3.63) is 46.8 Å². The highest BCUT2D eigenvalue weighted by Gasteiger charge is 2.42. The van der Waals surface area contributed by atoms with Crippen molar-refractivity contribution in [2.45, 2.75) is 45.5 Å². The summed E-state index contributed by atoms with van der Waals surface area (Å²) in [6.45, 7) is 5.67. The number of carbonyl (C=O) groups excluding carboxylic acids is 1. The molecule has 3 nitrogen and oxygen atoms in total. The topological polar surface area (TPSA) is 55.1 Å². The van der Waals surface area contributed by atoms with Gasteiger partial charge in [-0.25, -0.2) is 0 Å². The van der Waals surface area contributed by atoms with Gasteiger partial charge in [-0.1, -0.05) is 38.1 Å². The predicted molar refractivity (Wildman–Crippen MR) is 98.9 cm³/mol. The molecule has 0 aliphatic heterocycles. The molecular weight excluding hydrogens is 361 g/mol. The van der Waals surface area contributed by atoms with Gasteiger partial charge < -0.3 is 11.1 Å². The van der Waals surface area contributed by atoms with Gasteiger partial charge in [-0.2, -0.15) is 13.2 Å². The minimum absolute atomic E-state index is 0.0134. The van der Waals surface area contributed by atoms with Gasteiger partial charge in [0.25, 0.3) is 0 Å². The molecule has 0 bridgehead atoms. The van der Waals surface area contributed by atoms with Crippen LogP contribution >= 0.6 is 11.3 Å². The summed E-state index contributed by atoms with van der Waals surface area (Å²) in [7, 11) is 0. The van der Waals surface area contributed by atoms with Gasteiger partial charge in [-0.3, -0.25) is 4.79 Å². The van der Waals surface area contributed by atoms with Crippen LogP contribution in [0.3, 0.4) is 0 Å². The van der Waals surface area contributed by atoms with Crippen LogP contribution in [0.1, 0.15) is 37.4 Å². The molecule has 2 rings (SSSR count). The Labute approximate surface area is 155 Å². The average molecular weight is 384 g/mol. The van der Waals surface area contributed by atoms with E-state index in [0.29, 0.717) is 6.42 Å². The van der Waals surface area contributed by atoms with Crippen LogP contribution in [-0.4, -0.2) is 18.1 Å². The number of benzene rings is 1. The molecule has 0 unspecified atom stereocenters. The molecule has 0 spiro atoms. The molecule has 1 aromatic heterocycles. The molecule has 0 aliphatic carbocycles. The van der Waals surface area contributed by atoms with Crippen LogP contribution < -0.4 is 11.1 Å². The average Bonchev–Trinajstić information content (AvgIpc) is 2.97. The van der Waals surface area contributed by atoms with E-state index in [2.05, 4.69) is 5.32 Å².